The zero-order valence-electron chi connectivity index (χ0n) is 13.0. The summed E-state index contributed by atoms with van der Waals surface area (Å²) in [5, 5.41) is 12.9. The van der Waals surface area contributed by atoms with E-state index in [0.29, 0.717) is 11.8 Å². The second-order valence-corrected chi connectivity index (χ2v) is 7.24. The van der Waals surface area contributed by atoms with Crippen molar-refractivity contribution in [3.8, 4) is 0 Å². The molecule has 1 atom stereocenters. The molecule has 0 aromatic carbocycles. The molecule has 1 amide bonds. The normalized spacial score (nSPS) is 25.2. The number of amides is 1. The van der Waals surface area contributed by atoms with Gasteiger partial charge in [-0.2, -0.15) is 0 Å². The van der Waals surface area contributed by atoms with Gasteiger partial charge in [-0.1, -0.05) is 6.42 Å². The second kappa shape index (κ2) is 6.90. The van der Waals surface area contributed by atoms with E-state index in [1.54, 1.807) is 0 Å². The van der Waals surface area contributed by atoms with Gasteiger partial charge in [-0.3, -0.25) is 4.79 Å². The number of carbonyl (C=O) groups is 1. The van der Waals surface area contributed by atoms with Crippen molar-refractivity contribution < 1.29 is 9.90 Å². The van der Waals surface area contributed by atoms with Gasteiger partial charge in [0, 0.05) is 25.6 Å². The maximum atomic E-state index is 11.8. The summed E-state index contributed by atoms with van der Waals surface area (Å²) >= 11 is 0. The monoisotopic (exact) mass is 282 g/mol. The van der Waals surface area contributed by atoms with Crippen LogP contribution in [-0.4, -0.2) is 47.7 Å². The molecule has 2 rings (SSSR count). The number of hydrogen-bond acceptors (Lipinski definition) is 3. The molecule has 2 fully saturated rings. The maximum Gasteiger partial charge on any atom is 0.223 e. The van der Waals surface area contributed by atoms with E-state index in [1.165, 1.54) is 19.3 Å². The third-order valence-electron chi connectivity index (χ3n) is 4.68. The molecule has 1 saturated carbocycles. The molecule has 1 heterocycles. The molecule has 0 spiro atoms. The Kier molecular flexibility index (Phi) is 5.44. The second-order valence-electron chi connectivity index (χ2n) is 7.24. The minimum atomic E-state index is -0.578. The summed E-state index contributed by atoms with van der Waals surface area (Å²) in [4.78, 5) is 14.3. The summed E-state index contributed by atoms with van der Waals surface area (Å²) < 4.78 is 0. The van der Waals surface area contributed by atoms with Gasteiger partial charge in [0.1, 0.15) is 0 Å². The minimum absolute atomic E-state index is 0.268. The first kappa shape index (κ1) is 15.8. The van der Waals surface area contributed by atoms with Crippen molar-refractivity contribution in [1.29, 1.82) is 0 Å². The number of piperidine rings is 1. The van der Waals surface area contributed by atoms with Gasteiger partial charge in [-0.25, -0.2) is 0 Å². The van der Waals surface area contributed by atoms with Crippen LogP contribution in [0.1, 0.15) is 52.4 Å². The molecule has 0 radical (unpaired) electrons. The van der Waals surface area contributed by atoms with Crippen LogP contribution < -0.4 is 5.32 Å². The number of rotatable bonds is 6. The first-order valence-corrected chi connectivity index (χ1v) is 8.16. The van der Waals surface area contributed by atoms with E-state index >= 15 is 0 Å². The van der Waals surface area contributed by atoms with Crippen molar-refractivity contribution in [2.75, 3.05) is 26.2 Å². The summed E-state index contributed by atoms with van der Waals surface area (Å²) in [7, 11) is 0. The molecule has 4 nitrogen and oxygen atoms in total. The Balaban J connectivity index is 1.66. The molecule has 0 bridgehead atoms. The Morgan fingerprint density at radius 3 is 2.65 bits per heavy atom. The van der Waals surface area contributed by atoms with Crippen molar-refractivity contribution in [1.82, 2.24) is 10.2 Å². The third kappa shape index (κ3) is 5.06. The molecule has 116 valence electrons. The number of carbonyl (C=O) groups excluding carboxylic acids is 1. The number of hydrogen-bond donors (Lipinski definition) is 2. The lowest BCUT2D eigenvalue weighted by atomic mass is 9.84. The molecule has 1 unspecified atom stereocenters. The molecule has 2 N–H and O–H groups in total. The van der Waals surface area contributed by atoms with Crippen LogP contribution in [0.4, 0.5) is 0 Å². The number of nitrogens with one attached hydrogen (secondary N) is 1. The van der Waals surface area contributed by atoms with E-state index in [9.17, 15) is 9.90 Å². The van der Waals surface area contributed by atoms with Gasteiger partial charge in [0.25, 0.3) is 0 Å². The fourth-order valence-corrected chi connectivity index (χ4v) is 3.01. The van der Waals surface area contributed by atoms with Crippen LogP contribution in [0.2, 0.25) is 0 Å². The maximum absolute atomic E-state index is 11.8. The lowest BCUT2D eigenvalue weighted by Crippen LogP contribution is -2.44. The third-order valence-corrected chi connectivity index (χ3v) is 4.68. The predicted octanol–water partition coefficient (Wildman–Crippen LogP) is 1.78. The van der Waals surface area contributed by atoms with Crippen LogP contribution in [0.25, 0.3) is 0 Å². The van der Waals surface area contributed by atoms with E-state index in [-0.39, 0.29) is 5.91 Å². The number of nitrogens with zero attached hydrogens (tertiary/aromatic N) is 1. The van der Waals surface area contributed by atoms with Crippen molar-refractivity contribution in [3.63, 3.8) is 0 Å². The molecule has 4 heteroatoms. The van der Waals surface area contributed by atoms with E-state index in [0.717, 1.165) is 45.4 Å². The first-order valence-electron chi connectivity index (χ1n) is 8.16. The highest BCUT2D eigenvalue weighted by atomic mass is 16.3. The summed E-state index contributed by atoms with van der Waals surface area (Å²) in [6.45, 7) is 7.70. The summed E-state index contributed by atoms with van der Waals surface area (Å²) in [6, 6.07) is 0. The predicted molar refractivity (Wildman–Crippen MR) is 80.4 cm³/mol. The van der Waals surface area contributed by atoms with Crippen LogP contribution in [0.5, 0.6) is 0 Å². The highest BCUT2D eigenvalue weighted by molar-refractivity contribution is 5.79. The molecular weight excluding hydrogens is 252 g/mol. The van der Waals surface area contributed by atoms with Crippen molar-refractivity contribution in [2.45, 2.75) is 58.0 Å². The summed E-state index contributed by atoms with van der Waals surface area (Å²) in [6.07, 6.45) is 6.60. The largest absolute Gasteiger partial charge is 0.390 e. The van der Waals surface area contributed by atoms with Crippen molar-refractivity contribution >= 4 is 5.91 Å². The van der Waals surface area contributed by atoms with Gasteiger partial charge in [0.05, 0.1) is 5.60 Å². The molecule has 0 aromatic rings. The number of likely N-dealkylation sites (tertiary alicyclic amines) is 1. The molecular formula is C16H30N2O2. The first-order chi connectivity index (χ1) is 9.44. The summed E-state index contributed by atoms with van der Waals surface area (Å²) in [5.41, 5.74) is -0.578. The molecule has 1 saturated heterocycles. The Labute approximate surface area is 122 Å². The SMILES string of the molecule is CC(C)(O)CCN1CCCC(CNC(=O)C2CCC2)C1. The van der Waals surface area contributed by atoms with Gasteiger partial charge in [-0.15, -0.1) is 0 Å². The van der Waals surface area contributed by atoms with Crippen LogP contribution in [0.15, 0.2) is 0 Å². The highest BCUT2D eigenvalue weighted by Crippen LogP contribution is 2.26. The van der Waals surface area contributed by atoms with E-state index < -0.39 is 5.60 Å². The Morgan fingerprint density at radius 2 is 2.05 bits per heavy atom. The Morgan fingerprint density at radius 1 is 1.30 bits per heavy atom. The van der Waals surface area contributed by atoms with E-state index in [1.807, 2.05) is 13.8 Å². The van der Waals surface area contributed by atoms with E-state index in [4.69, 9.17) is 0 Å². The lowest BCUT2D eigenvalue weighted by molar-refractivity contribution is -0.127. The molecule has 1 aliphatic heterocycles. The lowest BCUT2D eigenvalue weighted by Gasteiger charge is -2.34. The summed E-state index contributed by atoms with van der Waals surface area (Å²) in [5.74, 6) is 1.14. The Hall–Kier alpha value is -0.610. The zero-order chi connectivity index (χ0) is 14.6. The van der Waals surface area contributed by atoms with Crippen molar-refractivity contribution in [2.24, 2.45) is 11.8 Å². The quantitative estimate of drug-likeness (QED) is 0.781. The molecule has 0 aromatic heterocycles. The van der Waals surface area contributed by atoms with Gasteiger partial charge >= 0.3 is 0 Å². The smallest absolute Gasteiger partial charge is 0.223 e. The van der Waals surface area contributed by atoms with Crippen molar-refractivity contribution in [3.05, 3.63) is 0 Å². The minimum Gasteiger partial charge on any atom is -0.390 e. The average Bonchev–Trinajstić information content (AvgIpc) is 2.31. The fourth-order valence-electron chi connectivity index (χ4n) is 3.01. The Bertz CT molecular complexity index is 321. The highest BCUT2D eigenvalue weighted by Gasteiger charge is 2.27. The standard InChI is InChI=1S/C16H30N2O2/c1-16(2,20)8-10-18-9-4-5-13(12-18)11-17-15(19)14-6-3-7-14/h13-14,20H,3-12H2,1-2H3,(H,17,19). The topological polar surface area (TPSA) is 52.6 Å². The van der Waals surface area contributed by atoms with Gasteiger partial charge in [0.2, 0.25) is 5.91 Å². The molecule has 2 aliphatic rings. The van der Waals surface area contributed by atoms with Gasteiger partial charge in [-0.05, 0) is 58.4 Å². The van der Waals surface area contributed by atoms with Crippen LogP contribution in [-0.2, 0) is 4.79 Å². The van der Waals surface area contributed by atoms with Crippen LogP contribution in [0, 0.1) is 11.8 Å². The fraction of sp³-hybridized carbons (Fsp3) is 0.938. The zero-order valence-corrected chi connectivity index (χ0v) is 13.0. The van der Waals surface area contributed by atoms with E-state index in [2.05, 4.69) is 10.2 Å². The molecule has 1 aliphatic carbocycles. The van der Waals surface area contributed by atoms with Gasteiger partial charge < -0.3 is 15.3 Å². The van der Waals surface area contributed by atoms with Crippen LogP contribution in [0.3, 0.4) is 0 Å². The van der Waals surface area contributed by atoms with Crippen LogP contribution >= 0.6 is 0 Å². The number of aliphatic hydroxyl groups is 1. The van der Waals surface area contributed by atoms with Gasteiger partial charge in [0.15, 0.2) is 0 Å². The molecule has 20 heavy (non-hydrogen) atoms. The average molecular weight is 282 g/mol.